The molecule has 1 aromatic heterocycles. The number of halogens is 2. The number of nitrogens with zero attached hydrogens (tertiary/aromatic N) is 1. The summed E-state index contributed by atoms with van der Waals surface area (Å²) < 4.78 is 27.0. The Morgan fingerprint density at radius 3 is 2.78 bits per heavy atom. The van der Waals surface area contributed by atoms with Crippen LogP contribution >= 0.6 is 27.5 Å². The molecule has 18 heavy (non-hydrogen) atoms. The number of aromatic nitrogens is 2. The summed E-state index contributed by atoms with van der Waals surface area (Å²) in [6.45, 7) is 0.155. The average Bonchev–Trinajstić information content (AvgIpc) is 2.83. The van der Waals surface area contributed by atoms with Crippen LogP contribution in [0.2, 0.25) is 5.02 Å². The Morgan fingerprint density at radius 1 is 1.39 bits per heavy atom. The molecule has 5 nitrogen and oxygen atoms in total. The van der Waals surface area contributed by atoms with Gasteiger partial charge in [-0.1, -0.05) is 11.6 Å². The van der Waals surface area contributed by atoms with Crippen molar-refractivity contribution < 1.29 is 8.42 Å². The second kappa shape index (κ2) is 5.40. The molecule has 0 aliphatic heterocycles. The standard InChI is InChI=1S/C10H9BrClN3O2S/c11-9-5-8(1-2-10(9)12)18(16,17)14-6-7-3-4-13-15-7/h1-5,14H,6H2,(H,13,15). The van der Waals surface area contributed by atoms with Crippen LogP contribution in [0.1, 0.15) is 5.69 Å². The van der Waals surface area contributed by atoms with E-state index < -0.39 is 10.0 Å². The zero-order valence-corrected chi connectivity index (χ0v) is 12.2. The van der Waals surface area contributed by atoms with Crippen molar-refractivity contribution >= 4 is 37.6 Å². The van der Waals surface area contributed by atoms with E-state index >= 15 is 0 Å². The first-order chi connectivity index (χ1) is 8.49. The molecule has 2 N–H and O–H groups in total. The quantitative estimate of drug-likeness (QED) is 0.888. The van der Waals surface area contributed by atoms with E-state index in [-0.39, 0.29) is 11.4 Å². The van der Waals surface area contributed by atoms with E-state index in [1.54, 1.807) is 12.3 Å². The van der Waals surface area contributed by atoms with Crippen LogP contribution in [0.3, 0.4) is 0 Å². The number of nitrogens with one attached hydrogen (secondary N) is 2. The maximum Gasteiger partial charge on any atom is 0.240 e. The van der Waals surface area contributed by atoms with Crippen molar-refractivity contribution in [3.63, 3.8) is 0 Å². The Balaban J connectivity index is 2.17. The molecular weight excluding hydrogens is 342 g/mol. The zero-order chi connectivity index (χ0) is 13.2. The van der Waals surface area contributed by atoms with Gasteiger partial charge in [0, 0.05) is 10.7 Å². The normalized spacial score (nSPS) is 11.7. The van der Waals surface area contributed by atoms with E-state index in [0.29, 0.717) is 15.2 Å². The lowest BCUT2D eigenvalue weighted by Crippen LogP contribution is -2.23. The summed E-state index contributed by atoms with van der Waals surface area (Å²) in [5.74, 6) is 0. The highest BCUT2D eigenvalue weighted by molar-refractivity contribution is 9.10. The molecule has 0 radical (unpaired) electrons. The first-order valence-electron chi connectivity index (χ1n) is 4.92. The van der Waals surface area contributed by atoms with Gasteiger partial charge in [0.15, 0.2) is 0 Å². The third-order valence-corrected chi connectivity index (χ3v) is 4.83. The van der Waals surface area contributed by atoms with E-state index in [0.717, 1.165) is 0 Å². The molecule has 2 rings (SSSR count). The summed E-state index contributed by atoms with van der Waals surface area (Å²) in [7, 11) is -3.56. The first kappa shape index (κ1) is 13.5. The fourth-order valence-electron chi connectivity index (χ4n) is 1.28. The summed E-state index contributed by atoms with van der Waals surface area (Å²) in [4.78, 5) is 0.151. The maximum atomic E-state index is 12.0. The summed E-state index contributed by atoms with van der Waals surface area (Å²) in [6.07, 6.45) is 1.56. The van der Waals surface area contributed by atoms with E-state index in [1.807, 2.05) is 0 Å². The summed E-state index contributed by atoms with van der Waals surface area (Å²) in [5, 5.41) is 6.87. The molecule has 0 aliphatic carbocycles. The van der Waals surface area contributed by atoms with Gasteiger partial charge in [-0.2, -0.15) is 5.10 Å². The lowest BCUT2D eigenvalue weighted by molar-refractivity contribution is 0.580. The monoisotopic (exact) mass is 349 g/mol. The number of sulfonamides is 1. The SMILES string of the molecule is O=S(=O)(NCc1ccn[nH]1)c1ccc(Cl)c(Br)c1. The van der Waals surface area contributed by atoms with Gasteiger partial charge in [0.25, 0.3) is 0 Å². The van der Waals surface area contributed by atoms with Crippen LogP contribution in [-0.4, -0.2) is 18.6 Å². The van der Waals surface area contributed by atoms with Gasteiger partial charge < -0.3 is 0 Å². The van der Waals surface area contributed by atoms with Gasteiger partial charge in [0.05, 0.1) is 22.2 Å². The van der Waals surface area contributed by atoms with Crippen LogP contribution in [0.25, 0.3) is 0 Å². The van der Waals surface area contributed by atoms with Crippen LogP contribution in [0.15, 0.2) is 39.8 Å². The van der Waals surface area contributed by atoms with Crippen molar-refractivity contribution in [1.82, 2.24) is 14.9 Å². The van der Waals surface area contributed by atoms with Crippen molar-refractivity contribution in [3.05, 3.63) is 45.7 Å². The fraction of sp³-hybridized carbons (Fsp3) is 0.100. The van der Waals surface area contributed by atoms with Crippen molar-refractivity contribution in [2.45, 2.75) is 11.4 Å². The Morgan fingerprint density at radius 2 is 2.17 bits per heavy atom. The number of benzene rings is 1. The molecule has 0 unspecified atom stereocenters. The molecule has 0 aliphatic rings. The van der Waals surface area contributed by atoms with E-state index in [9.17, 15) is 8.42 Å². The molecule has 96 valence electrons. The van der Waals surface area contributed by atoms with Crippen molar-refractivity contribution in [3.8, 4) is 0 Å². The minimum atomic E-state index is -3.56. The van der Waals surface area contributed by atoms with Gasteiger partial charge in [-0.25, -0.2) is 13.1 Å². The second-order valence-corrected chi connectivity index (χ2v) is 6.51. The van der Waals surface area contributed by atoms with Crippen molar-refractivity contribution in [2.24, 2.45) is 0 Å². The number of aromatic amines is 1. The number of H-pyrrole nitrogens is 1. The van der Waals surface area contributed by atoms with Gasteiger partial charge in [-0.05, 0) is 40.2 Å². The van der Waals surface area contributed by atoms with Gasteiger partial charge >= 0.3 is 0 Å². The molecule has 8 heteroatoms. The molecule has 1 heterocycles. The molecule has 0 spiro atoms. The number of hydrogen-bond donors (Lipinski definition) is 2. The summed E-state index contributed by atoms with van der Waals surface area (Å²) in [5.41, 5.74) is 0.687. The number of hydrogen-bond acceptors (Lipinski definition) is 3. The third kappa shape index (κ3) is 3.11. The predicted molar refractivity (Wildman–Crippen MR) is 71.8 cm³/mol. The smallest absolute Gasteiger partial charge is 0.240 e. The van der Waals surface area contributed by atoms with Gasteiger partial charge in [0.2, 0.25) is 10.0 Å². The maximum absolute atomic E-state index is 12.0. The lowest BCUT2D eigenvalue weighted by Gasteiger charge is -2.06. The zero-order valence-electron chi connectivity index (χ0n) is 9.02. The average molecular weight is 351 g/mol. The molecule has 0 bridgehead atoms. The van der Waals surface area contributed by atoms with Gasteiger partial charge in [-0.15, -0.1) is 0 Å². The second-order valence-electron chi connectivity index (χ2n) is 3.48. The van der Waals surface area contributed by atoms with E-state index in [4.69, 9.17) is 11.6 Å². The minimum absolute atomic E-state index is 0.151. The highest BCUT2D eigenvalue weighted by Gasteiger charge is 2.15. The third-order valence-electron chi connectivity index (χ3n) is 2.21. The van der Waals surface area contributed by atoms with Gasteiger partial charge in [0.1, 0.15) is 0 Å². The molecule has 2 aromatic rings. The highest BCUT2D eigenvalue weighted by atomic mass is 79.9. The Labute approximate surface area is 118 Å². The molecule has 1 aromatic carbocycles. The van der Waals surface area contributed by atoms with Crippen LogP contribution in [0.4, 0.5) is 0 Å². The minimum Gasteiger partial charge on any atom is -0.281 e. The van der Waals surface area contributed by atoms with Gasteiger partial charge in [-0.3, -0.25) is 5.10 Å². The molecule has 0 fully saturated rings. The topological polar surface area (TPSA) is 74.8 Å². The molecule has 0 saturated heterocycles. The number of rotatable bonds is 4. The fourth-order valence-corrected chi connectivity index (χ4v) is 2.96. The summed E-state index contributed by atoms with van der Waals surface area (Å²) >= 11 is 9.00. The Bertz CT molecular complexity index is 643. The first-order valence-corrected chi connectivity index (χ1v) is 7.57. The van der Waals surface area contributed by atoms with Crippen LogP contribution in [0.5, 0.6) is 0 Å². The summed E-state index contributed by atoms with van der Waals surface area (Å²) in [6, 6.07) is 6.12. The van der Waals surface area contributed by atoms with Crippen molar-refractivity contribution in [2.75, 3.05) is 0 Å². The molecular formula is C10H9BrClN3O2S. The highest BCUT2D eigenvalue weighted by Crippen LogP contribution is 2.25. The molecule has 0 saturated carbocycles. The molecule has 0 atom stereocenters. The van der Waals surface area contributed by atoms with Crippen molar-refractivity contribution in [1.29, 1.82) is 0 Å². The largest absolute Gasteiger partial charge is 0.281 e. The molecule has 0 amide bonds. The Kier molecular flexibility index (Phi) is 4.06. The van der Waals surface area contributed by atoms with Crippen LogP contribution in [0, 0.1) is 0 Å². The lowest BCUT2D eigenvalue weighted by atomic mass is 10.4. The van der Waals surface area contributed by atoms with E-state index in [2.05, 4.69) is 30.8 Å². The Hall–Kier alpha value is -0.890. The van der Waals surface area contributed by atoms with E-state index in [1.165, 1.54) is 18.2 Å². The predicted octanol–water partition coefficient (Wildman–Crippen LogP) is 2.30. The van der Waals surface area contributed by atoms with Crippen LogP contribution in [-0.2, 0) is 16.6 Å². The van der Waals surface area contributed by atoms with Crippen LogP contribution < -0.4 is 4.72 Å².